The van der Waals surface area contributed by atoms with Gasteiger partial charge in [0.15, 0.2) is 0 Å². The highest BCUT2D eigenvalue weighted by atomic mass is 15.3. The summed E-state index contributed by atoms with van der Waals surface area (Å²) >= 11 is 0. The molecule has 0 aliphatic carbocycles. The van der Waals surface area contributed by atoms with E-state index < -0.39 is 0 Å². The quantitative estimate of drug-likeness (QED) is 0.661. The van der Waals surface area contributed by atoms with Gasteiger partial charge in [-0.3, -0.25) is 4.90 Å². The van der Waals surface area contributed by atoms with E-state index in [2.05, 4.69) is 50.7 Å². The number of anilines is 2. The molecule has 1 aromatic heterocycles. The molecule has 2 aromatic carbocycles. The smallest absolute Gasteiger partial charge is 0.225 e. The van der Waals surface area contributed by atoms with Crippen molar-refractivity contribution in [1.82, 2.24) is 19.8 Å². The zero-order valence-corrected chi connectivity index (χ0v) is 16.4. The number of benzene rings is 2. The van der Waals surface area contributed by atoms with Crippen LogP contribution in [0.4, 0.5) is 11.8 Å². The molecule has 4 rings (SSSR count). The van der Waals surface area contributed by atoms with Gasteiger partial charge >= 0.3 is 0 Å². The predicted molar refractivity (Wildman–Crippen MR) is 116 cm³/mol. The van der Waals surface area contributed by atoms with Crippen LogP contribution in [0.1, 0.15) is 5.56 Å². The fourth-order valence-corrected chi connectivity index (χ4v) is 3.47. The number of rotatable bonds is 7. The third kappa shape index (κ3) is 4.77. The second kappa shape index (κ2) is 8.99. The lowest BCUT2D eigenvalue weighted by atomic mass is 10.2. The lowest BCUT2D eigenvalue weighted by Crippen LogP contribution is -2.45. The highest BCUT2D eigenvalue weighted by Crippen LogP contribution is 2.22. The van der Waals surface area contributed by atoms with Crippen molar-refractivity contribution in [3.63, 3.8) is 0 Å². The number of piperazine rings is 1. The van der Waals surface area contributed by atoms with Crippen LogP contribution >= 0.6 is 0 Å². The third-order valence-electron chi connectivity index (χ3n) is 5.21. The minimum absolute atomic E-state index is 0.657. The Morgan fingerprint density at radius 1 is 0.857 bits per heavy atom. The number of aromatic nitrogens is 2. The Morgan fingerprint density at radius 3 is 2.43 bits per heavy atom. The summed E-state index contributed by atoms with van der Waals surface area (Å²) in [6.45, 7) is 7.16. The van der Waals surface area contributed by atoms with E-state index in [1.54, 1.807) is 0 Å². The molecule has 2 heterocycles. The Kier molecular flexibility index (Phi) is 5.99. The minimum Gasteiger partial charge on any atom is -0.368 e. The molecule has 6 nitrogen and oxygen atoms in total. The van der Waals surface area contributed by atoms with Crippen LogP contribution in [0.15, 0.2) is 54.6 Å². The van der Waals surface area contributed by atoms with Gasteiger partial charge in [0.2, 0.25) is 5.95 Å². The maximum Gasteiger partial charge on any atom is 0.225 e. The standard InChI is InChI=1S/C22H28N6/c1-27-13-15-28(16-14-27)12-11-23-21-19-9-5-6-10-20(19)25-22(26-21)24-17-18-7-3-2-4-8-18/h2-10H,11-17H2,1H3,(H2,23,24,25,26). The Morgan fingerprint density at radius 2 is 1.61 bits per heavy atom. The van der Waals surface area contributed by atoms with Crippen molar-refractivity contribution in [1.29, 1.82) is 0 Å². The monoisotopic (exact) mass is 376 g/mol. The van der Waals surface area contributed by atoms with Crippen molar-refractivity contribution in [2.24, 2.45) is 0 Å². The number of nitrogens with one attached hydrogen (secondary N) is 2. The summed E-state index contributed by atoms with van der Waals surface area (Å²) in [5.74, 6) is 1.56. The summed E-state index contributed by atoms with van der Waals surface area (Å²) in [7, 11) is 2.19. The molecule has 1 fully saturated rings. The van der Waals surface area contributed by atoms with E-state index in [0.29, 0.717) is 12.5 Å². The number of likely N-dealkylation sites (N-methyl/N-ethyl adjacent to an activating group) is 1. The number of nitrogens with zero attached hydrogens (tertiary/aromatic N) is 4. The largest absolute Gasteiger partial charge is 0.368 e. The van der Waals surface area contributed by atoms with Crippen LogP contribution in [0.2, 0.25) is 0 Å². The van der Waals surface area contributed by atoms with Gasteiger partial charge in [0.1, 0.15) is 5.82 Å². The number of fused-ring (bicyclic) bond motifs is 1. The summed E-state index contributed by atoms with van der Waals surface area (Å²) in [6, 6.07) is 18.5. The van der Waals surface area contributed by atoms with E-state index in [9.17, 15) is 0 Å². The van der Waals surface area contributed by atoms with E-state index in [4.69, 9.17) is 4.98 Å². The SMILES string of the molecule is CN1CCN(CCNc2nc(NCc3ccccc3)nc3ccccc23)CC1. The molecule has 0 saturated carbocycles. The average Bonchev–Trinajstić information content (AvgIpc) is 2.74. The molecule has 1 saturated heterocycles. The van der Waals surface area contributed by atoms with Gasteiger partial charge in [0.25, 0.3) is 0 Å². The van der Waals surface area contributed by atoms with Crippen LogP contribution in [-0.4, -0.2) is 66.1 Å². The molecule has 0 bridgehead atoms. The molecule has 1 aliphatic rings. The van der Waals surface area contributed by atoms with Gasteiger partial charge in [-0.25, -0.2) is 4.98 Å². The first-order chi connectivity index (χ1) is 13.8. The Bertz CT molecular complexity index is 890. The van der Waals surface area contributed by atoms with Crippen LogP contribution in [-0.2, 0) is 6.54 Å². The van der Waals surface area contributed by atoms with E-state index in [1.807, 2.05) is 36.4 Å². The van der Waals surface area contributed by atoms with E-state index in [1.165, 1.54) is 5.56 Å². The first kappa shape index (κ1) is 18.7. The normalized spacial score (nSPS) is 15.6. The van der Waals surface area contributed by atoms with Crippen molar-refractivity contribution >= 4 is 22.7 Å². The molecule has 0 atom stereocenters. The molecular weight excluding hydrogens is 348 g/mol. The van der Waals surface area contributed by atoms with Gasteiger partial charge < -0.3 is 15.5 Å². The van der Waals surface area contributed by atoms with Gasteiger partial charge in [-0.1, -0.05) is 42.5 Å². The Balaban J connectivity index is 1.43. The van der Waals surface area contributed by atoms with Gasteiger partial charge in [-0.2, -0.15) is 4.98 Å². The molecule has 28 heavy (non-hydrogen) atoms. The van der Waals surface area contributed by atoms with Crippen molar-refractivity contribution in [2.75, 3.05) is 56.9 Å². The average molecular weight is 377 g/mol. The topological polar surface area (TPSA) is 56.3 Å². The highest BCUT2D eigenvalue weighted by Gasteiger charge is 2.13. The summed E-state index contributed by atoms with van der Waals surface area (Å²) < 4.78 is 0. The van der Waals surface area contributed by atoms with Crippen LogP contribution in [0.3, 0.4) is 0 Å². The molecule has 0 amide bonds. The second-order valence-electron chi connectivity index (χ2n) is 7.32. The highest BCUT2D eigenvalue weighted by molar-refractivity contribution is 5.90. The van der Waals surface area contributed by atoms with E-state index in [-0.39, 0.29) is 0 Å². The van der Waals surface area contributed by atoms with Gasteiger partial charge in [-0.05, 0) is 24.7 Å². The lowest BCUT2D eigenvalue weighted by molar-refractivity contribution is 0.158. The minimum atomic E-state index is 0.657. The molecule has 1 aliphatic heterocycles. The first-order valence-electron chi connectivity index (χ1n) is 9.97. The van der Waals surface area contributed by atoms with Crippen molar-refractivity contribution in [3.05, 3.63) is 60.2 Å². The fourth-order valence-electron chi connectivity index (χ4n) is 3.47. The maximum atomic E-state index is 4.75. The third-order valence-corrected chi connectivity index (χ3v) is 5.21. The van der Waals surface area contributed by atoms with Crippen molar-refractivity contribution < 1.29 is 0 Å². The zero-order valence-electron chi connectivity index (χ0n) is 16.4. The molecule has 0 radical (unpaired) electrons. The summed E-state index contributed by atoms with van der Waals surface area (Å²) in [5.41, 5.74) is 2.17. The molecule has 6 heteroatoms. The number of hydrogen-bond acceptors (Lipinski definition) is 6. The predicted octanol–water partition coefficient (Wildman–Crippen LogP) is 2.90. The van der Waals surface area contributed by atoms with E-state index >= 15 is 0 Å². The maximum absolute atomic E-state index is 4.75. The van der Waals surface area contributed by atoms with Crippen molar-refractivity contribution in [2.45, 2.75) is 6.54 Å². The molecule has 3 aromatic rings. The molecule has 0 unspecified atom stereocenters. The van der Waals surface area contributed by atoms with Crippen LogP contribution in [0.5, 0.6) is 0 Å². The van der Waals surface area contributed by atoms with Crippen molar-refractivity contribution in [3.8, 4) is 0 Å². The zero-order chi connectivity index (χ0) is 19.2. The number of para-hydroxylation sites is 1. The molecular formula is C22H28N6. The Labute approximate surface area is 166 Å². The van der Waals surface area contributed by atoms with E-state index in [0.717, 1.165) is 56.0 Å². The fraction of sp³-hybridized carbons (Fsp3) is 0.364. The van der Waals surface area contributed by atoms with Crippen LogP contribution in [0.25, 0.3) is 10.9 Å². The molecule has 146 valence electrons. The number of hydrogen-bond donors (Lipinski definition) is 2. The van der Waals surface area contributed by atoms with Crippen LogP contribution < -0.4 is 10.6 Å². The van der Waals surface area contributed by atoms with Gasteiger partial charge in [0, 0.05) is 51.2 Å². The molecule has 2 N–H and O–H groups in total. The Hall–Kier alpha value is -2.70. The summed E-state index contributed by atoms with van der Waals surface area (Å²) in [5, 5.41) is 7.96. The first-order valence-corrected chi connectivity index (χ1v) is 9.97. The summed E-state index contributed by atoms with van der Waals surface area (Å²) in [4.78, 5) is 14.3. The lowest BCUT2D eigenvalue weighted by Gasteiger charge is -2.32. The summed E-state index contributed by atoms with van der Waals surface area (Å²) in [6.07, 6.45) is 0. The molecule has 0 spiro atoms. The van der Waals surface area contributed by atoms with Gasteiger partial charge in [-0.15, -0.1) is 0 Å². The van der Waals surface area contributed by atoms with Crippen LogP contribution in [0, 0.1) is 0 Å². The second-order valence-corrected chi connectivity index (χ2v) is 7.32. The van der Waals surface area contributed by atoms with Gasteiger partial charge in [0.05, 0.1) is 5.52 Å².